The van der Waals surface area contributed by atoms with Gasteiger partial charge < -0.3 is 5.11 Å². The van der Waals surface area contributed by atoms with Gasteiger partial charge in [-0.1, -0.05) is 26.7 Å². The predicted molar refractivity (Wildman–Crippen MR) is 57.6 cm³/mol. The molecule has 13 heavy (non-hydrogen) atoms. The van der Waals surface area contributed by atoms with Crippen molar-refractivity contribution in [2.75, 3.05) is 0 Å². The summed E-state index contributed by atoms with van der Waals surface area (Å²) in [5.41, 5.74) is 0. The molecular weight excluding hydrogens is 162 g/mol. The van der Waals surface area contributed by atoms with E-state index in [0.29, 0.717) is 6.04 Å². The van der Waals surface area contributed by atoms with Crippen LogP contribution in [0.1, 0.15) is 53.4 Å². The van der Waals surface area contributed by atoms with Crippen molar-refractivity contribution in [3.8, 4) is 0 Å². The van der Waals surface area contributed by atoms with Crippen LogP contribution in [0.5, 0.6) is 0 Å². The molecule has 0 aliphatic carbocycles. The molecule has 2 N–H and O–H groups in total. The molecule has 0 aromatic carbocycles. The Bertz CT molecular complexity index is 113. The first-order valence-electron chi connectivity index (χ1n) is 5.46. The number of aliphatic hydroxyl groups is 1. The van der Waals surface area contributed by atoms with E-state index >= 15 is 0 Å². The number of hydrogen-bond donors (Lipinski definition) is 2. The van der Waals surface area contributed by atoms with Gasteiger partial charge >= 0.3 is 0 Å². The van der Waals surface area contributed by atoms with Crippen LogP contribution in [0, 0.1) is 5.92 Å². The second kappa shape index (κ2) is 7.34. The van der Waals surface area contributed by atoms with Gasteiger partial charge in [-0.2, -0.15) is 0 Å². The smallest absolute Gasteiger partial charge is 0.105 e. The van der Waals surface area contributed by atoms with E-state index in [0.717, 1.165) is 18.8 Å². The fourth-order valence-electron chi connectivity index (χ4n) is 1.36. The maximum Gasteiger partial charge on any atom is 0.105 e. The summed E-state index contributed by atoms with van der Waals surface area (Å²) in [6.07, 6.45) is 4.19. The van der Waals surface area contributed by atoms with Crippen LogP contribution < -0.4 is 5.32 Å². The van der Waals surface area contributed by atoms with Crippen LogP contribution in [0.4, 0.5) is 0 Å². The fraction of sp³-hybridized carbons (Fsp3) is 1.00. The number of hydrogen-bond acceptors (Lipinski definition) is 2. The lowest BCUT2D eigenvalue weighted by atomic mass is 10.1. The van der Waals surface area contributed by atoms with E-state index in [1.165, 1.54) is 12.8 Å². The van der Waals surface area contributed by atoms with E-state index in [1.54, 1.807) is 0 Å². The normalized spacial score (nSPS) is 14.1. The lowest BCUT2D eigenvalue weighted by Crippen LogP contribution is -2.34. The second-order valence-electron chi connectivity index (χ2n) is 4.52. The molecule has 0 aliphatic rings. The standard InChI is InChI=1S/C11H25NO/c1-9(2)7-5-6-8-11(13)12-10(3)4/h9-13H,5-8H2,1-4H3/t11-/m1/s1. The Morgan fingerprint density at radius 1 is 1.00 bits per heavy atom. The number of rotatable bonds is 7. The third kappa shape index (κ3) is 9.84. The SMILES string of the molecule is CC(C)CCCC[C@@H](O)NC(C)C. The van der Waals surface area contributed by atoms with Gasteiger partial charge in [0.15, 0.2) is 0 Å². The molecule has 0 unspecified atom stereocenters. The van der Waals surface area contributed by atoms with Crippen LogP contribution in [0.15, 0.2) is 0 Å². The number of aliphatic hydroxyl groups excluding tert-OH is 1. The average molecular weight is 187 g/mol. The van der Waals surface area contributed by atoms with E-state index < -0.39 is 0 Å². The van der Waals surface area contributed by atoms with Crippen molar-refractivity contribution in [2.24, 2.45) is 5.92 Å². The summed E-state index contributed by atoms with van der Waals surface area (Å²) in [6, 6.07) is 0.375. The summed E-state index contributed by atoms with van der Waals surface area (Å²) in [7, 11) is 0. The molecule has 1 atom stereocenters. The van der Waals surface area contributed by atoms with Crippen molar-refractivity contribution in [3.05, 3.63) is 0 Å². The summed E-state index contributed by atoms with van der Waals surface area (Å²) in [5.74, 6) is 0.787. The van der Waals surface area contributed by atoms with Crippen molar-refractivity contribution in [2.45, 2.75) is 65.6 Å². The van der Waals surface area contributed by atoms with Crippen molar-refractivity contribution >= 4 is 0 Å². The molecule has 0 aromatic rings. The van der Waals surface area contributed by atoms with Gasteiger partial charge in [0.05, 0.1) is 0 Å². The predicted octanol–water partition coefficient (Wildman–Crippen LogP) is 2.52. The van der Waals surface area contributed by atoms with Gasteiger partial charge in [0.1, 0.15) is 6.23 Å². The monoisotopic (exact) mass is 187 g/mol. The van der Waals surface area contributed by atoms with Crippen LogP contribution in [0.25, 0.3) is 0 Å². The van der Waals surface area contributed by atoms with Gasteiger partial charge in [0, 0.05) is 6.04 Å². The van der Waals surface area contributed by atoms with Crippen LogP contribution in [-0.2, 0) is 0 Å². The molecule has 0 saturated heterocycles. The molecule has 0 spiro atoms. The van der Waals surface area contributed by atoms with Crippen LogP contribution >= 0.6 is 0 Å². The maximum atomic E-state index is 9.47. The van der Waals surface area contributed by atoms with E-state index in [9.17, 15) is 5.11 Å². The van der Waals surface area contributed by atoms with Crippen molar-refractivity contribution < 1.29 is 5.11 Å². The molecule has 0 amide bonds. The van der Waals surface area contributed by atoms with Gasteiger partial charge in [-0.05, 0) is 32.6 Å². The first kappa shape index (κ1) is 12.9. The van der Waals surface area contributed by atoms with Gasteiger partial charge in [-0.15, -0.1) is 0 Å². The highest BCUT2D eigenvalue weighted by Crippen LogP contribution is 2.08. The molecule has 2 nitrogen and oxygen atoms in total. The maximum absolute atomic E-state index is 9.47. The first-order valence-corrected chi connectivity index (χ1v) is 5.46. The summed E-state index contributed by atoms with van der Waals surface area (Å²) in [4.78, 5) is 0. The van der Waals surface area contributed by atoms with Gasteiger partial charge in [-0.25, -0.2) is 0 Å². The molecule has 0 saturated carbocycles. The molecule has 0 bridgehead atoms. The third-order valence-corrected chi connectivity index (χ3v) is 2.03. The van der Waals surface area contributed by atoms with E-state index in [4.69, 9.17) is 0 Å². The molecule has 0 heterocycles. The fourth-order valence-corrected chi connectivity index (χ4v) is 1.36. The minimum Gasteiger partial charge on any atom is -0.379 e. The van der Waals surface area contributed by atoms with Crippen molar-refractivity contribution in [3.63, 3.8) is 0 Å². The van der Waals surface area contributed by atoms with Crippen molar-refractivity contribution in [1.82, 2.24) is 5.32 Å². The Labute approximate surface area is 82.7 Å². The summed E-state index contributed by atoms with van der Waals surface area (Å²) in [5, 5.41) is 12.6. The highest BCUT2D eigenvalue weighted by Gasteiger charge is 2.04. The molecule has 0 aliphatic heterocycles. The Morgan fingerprint density at radius 2 is 1.54 bits per heavy atom. The van der Waals surface area contributed by atoms with E-state index in [1.807, 2.05) is 0 Å². The highest BCUT2D eigenvalue weighted by atomic mass is 16.3. The lowest BCUT2D eigenvalue weighted by molar-refractivity contribution is 0.115. The topological polar surface area (TPSA) is 32.3 Å². The first-order chi connectivity index (χ1) is 6.02. The third-order valence-electron chi connectivity index (χ3n) is 2.03. The number of nitrogens with one attached hydrogen (secondary N) is 1. The quantitative estimate of drug-likeness (QED) is 0.474. The summed E-state index contributed by atoms with van der Waals surface area (Å²) < 4.78 is 0. The Hall–Kier alpha value is -0.0800. The average Bonchev–Trinajstić information content (AvgIpc) is 1.96. The Kier molecular flexibility index (Phi) is 7.29. The summed E-state index contributed by atoms with van der Waals surface area (Å²) >= 11 is 0. The molecule has 0 fully saturated rings. The number of unbranched alkanes of at least 4 members (excludes halogenated alkanes) is 1. The van der Waals surface area contributed by atoms with Gasteiger partial charge in [-0.3, -0.25) is 5.32 Å². The molecular formula is C11H25NO. The van der Waals surface area contributed by atoms with E-state index in [2.05, 4.69) is 33.0 Å². The Morgan fingerprint density at radius 3 is 2.00 bits per heavy atom. The molecule has 0 radical (unpaired) electrons. The zero-order chi connectivity index (χ0) is 10.3. The molecule has 0 aromatic heterocycles. The highest BCUT2D eigenvalue weighted by molar-refractivity contribution is 4.58. The van der Waals surface area contributed by atoms with Gasteiger partial charge in [0.2, 0.25) is 0 Å². The van der Waals surface area contributed by atoms with E-state index in [-0.39, 0.29) is 6.23 Å². The zero-order valence-corrected chi connectivity index (χ0v) is 9.51. The summed E-state index contributed by atoms with van der Waals surface area (Å²) in [6.45, 7) is 8.58. The van der Waals surface area contributed by atoms with Crippen LogP contribution in [0.3, 0.4) is 0 Å². The molecule has 2 heteroatoms. The second-order valence-corrected chi connectivity index (χ2v) is 4.52. The zero-order valence-electron chi connectivity index (χ0n) is 9.51. The lowest BCUT2D eigenvalue weighted by Gasteiger charge is -2.15. The molecule has 80 valence electrons. The van der Waals surface area contributed by atoms with Crippen LogP contribution in [0.2, 0.25) is 0 Å². The minimum absolute atomic E-state index is 0.313. The largest absolute Gasteiger partial charge is 0.379 e. The van der Waals surface area contributed by atoms with Crippen LogP contribution in [-0.4, -0.2) is 17.4 Å². The Balaban J connectivity index is 3.22. The minimum atomic E-state index is -0.313. The van der Waals surface area contributed by atoms with Gasteiger partial charge in [0.25, 0.3) is 0 Å². The van der Waals surface area contributed by atoms with Crippen molar-refractivity contribution in [1.29, 1.82) is 0 Å². The molecule has 0 rings (SSSR count).